The molecular weight excluding hydrogens is 833 g/mol. The lowest BCUT2D eigenvalue weighted by atomic mass is 9.88. The van der Waals surface area contributed by atoms with E-state index < -0.39 is 30.3 Å². The number of aliphatic carboxylic acids is 2. The fourth-order valence-corrected chi connectivity index (χ4v) is 7.14. The van der Waals surface area contributed by atoms with Gasteiger partial charge < -0.3 is 40.1 Å². The molecule has 12 nitrogen and oxygen atoms in total. The molecule has 1 fully saturated rings. The van der Waals surface area contributed by atoms with Gasteiger partial charge in [0.1, 0.15) is 6.04 Å². The van der Waals surface area contributed by atoms with Crippen molar-refractivity contribution in [1.82, 2.24) is 20.1 Å². The van der Waals surface area contributed by atoms with Crippen LogP contribution in [0, 0.1) is 5.92 Å². The van der Waals surface area contributed by atoms with Crippen LogP contribution in [0.4, 0.5) is 42.5 Å². The molecule has 2 aliphatic heterocycles. The fraction of sp³-hybridized carbons (Fsp3) is 0.385. The van der Waals surface area contributed by atoms with Crippen molar-refractivity contribution in [1.29, 1.82) is 0 Å². The number of hydrogen-bond donors (Lipinski definition) is 4. The van der Waals surface area contributed by atoms with Gasteiger partial charge in [-0.15, -0.1) is 0 Å². The minimum absolute atomic E-state index is 0.118. The first kappa shape index (κ1) is 46.5. The summed E-state index contributed by atoms with van der Waals surface area (Å²) in [6.45, 7) is 5.91. The molecule has 20 heteroatoms. The summed E-state index contributed by atoms with van der Waals surface area (Å²) < 4.78 is 63.5. The summed E-state index contributed by atoms with van der Waals surface area (Å²) in [6.07, 6.45) is -7.36. The summed E-state index contributed by atoms with van der Waals surface area (Å²) in [5, 5.41) is 19.9. The number of nitrogens with zero attached hydrogens (tertiary/aromatic N) is 4. The molecule has 1 saturated heterocycles. The number of fused-ring (bicyclic) bond motifs is 2. The van der Waals surface area contributed by atoms with Gasteiger partial charge in [0.2, 0.25) is 5.91 Å². The first-order valence-electron chi connectivity index (χ1n) is 18.0. The third-order valence-corrected chi connectivity index (χ3v) is 10.1. The molecule has 59 heavy (non-hydrogen) atoms. The second kappa shape index (κ2) is 19.7. The molecule has 0 spiro atoms. The second-order valence-electron chi connectivity index (χ2n) is 14.1. The van der Waals surface area contributed by atoms with Gasteiger partial charge in [0, 0.05) is 83.7 Å². The lowest BCUT2D eigenvalue weighted by Gasteiger charge is -2.40. The molecule has 2 aliphatic rings. The van der Waals surface area contributed by atoms with Crippen LogP contribution in [-0.4, -0.2) is 121 Å². The molecule has 1 aromatic heterocycles. The van der Waals surface area contributed by atoms with E-state index in [1.54, 1.807) is 0 Å². The van der Waals surface area contributed by atoms with Gasteiger partial charge in [-0.3, -0.25) is 4.79 Å². The number of hydrogen-bond acceptors (Lipinski definition) is 6. The van der Waals surface area contributed by atoms with Crippen LogP contribution in [0.15, 0.2) is 72.9 Å². The average Bonchev–Trinajstić information content (AvgIpc) is 3.60. The van der Waals surface area contributed by atoms with Crippen molar-refractivity contribution >= 4 is 69.4 Å². The molecule has 3 atom stereocenters. The zero-order chi connectivity index (χ0) is 43.8. The number of halogens is 8. The third-order valence-electron chi connectivity index (χ3n) is 9.57. The fourth-order valence-electron chi connectivity index (χ4n) is 6.82. The number of nitrogens with one attached hydrogen (secondary N) is 2. The maximum atomic E-state index is 14.7. The van der Waals surface area contributed by atoms with Gasteiger partial charge >= 0.3 is 30.3 Å². The van der Waals surface area contributed by atoms with Crippen molar-refractivity contribution in [2.45, 2.75) is 37.7 Å². The van der Waals surface area contributed by atoms with Crippen LogP contribution in [0.5, 0.6) is 0 Å². The number of alkyl halides is 6. The lowest BCUT2D eigenvalue weighted by molar-refractivity contribution is -0.193. The van der Waals surface area contributed by atoms with Crippen molar-refractivity contribution in [2.24, 2.45) is 5.92 Å². The van der Waals surface area contributed by atoms with Crippen LogP contribution in [0.1, 0.15) is 24.0 Å². The van der Waals surface area contributed by atoms with E-state index in [4.69, 9.17) is 43.0 Å². The van der Waals surface area contributed by atoms with Crippen LogP contribution >= 0.6 is 23.2 Å². The molecule has 4 aromatic rings. The van der Waals surface area contributed by atoms with Crippen molar-refractivity contribution in [3.05, 3.63) is 94.1 Å². The molecule has 6 rings (SSSR count). The Morgan fingerprint density at radius 3 is 1.98 bits per heavy atom. The number of piperazine rings is 1. The quantitative estimate of drug-likeness (QED) is 0.140. The monoisotopic (exact) mass is 874 g/mol. The van der Waals surface area contributed by atoms with Gasteiger partial charge in [-0.1, -0.05) is 48.3 Å². The van der Waals surface area contributed by atoms with Gasteiger partial charge in [0.15, 0.2) is 0 Å². The van der Waals surface area contributed by atoms with E-state index in [1.165, 1.54) is 0 Å². The van der Waals surface area contributed by atoms with Crippen LogP contribution in [0.2, 0.25) is 10.0 Å². The number of carbonyl (C=O) groups is 4. The molecule has 320 valence electrons. The van der Waals surface area contributed by atoms with Gasteiger partial charge in [-0.05, 0) is 86.1 Å². The van der Waals surface area contributed by atoms with E-state index in [0.29, 0.717) is 42.8 Å². The Balaban J connectivity index is 0.000000471. The van der Waals surface area contributed by atoms with E-state index in [0.717, 1.165) is 46.4 Å². The molecule has 0 bridgehead atoms. The van der Waals surface area contributed by atoms with Crippen LogP contribution in [0.3, 0.4) is 0 Å². The molecule has 0 aliphatic carbocycles. The number of carboxylic acids is 2. The summed E-state index contributed by atoms with van der Waals surface area (Å²) in [5.41, 5.74) is 4.99. The highest BCUT2D eigenvalue weighted by Crippen LogP contribution is 2.35. The number of amides is 3. The van der Waals surface area contributed by atoms with E-state index in [2.05, 4.69) is 40.3 Å². The largest absolute Gasteiger partial charge is 0.490 e. The van der Waals surface area contributed by atoms with E-state index in [1.807, 2.05) is 83.6 Å². The smallest absolute Gasteiger partial charge is 0.475 e. The Bertz CT molecular complexity index is 2070. The Hall–Kier alpha value is -5.20. The zero-order valence-electron chi connectivity index (χ0n) is 31.9. The number of para-hydroxylation sites is 1. The number of aromatic nitrogens is 1. The van der Waals surface area contributed by atoms with Crippen LogP contribution in [0.25, 0.3) is 10.9 Å². The number of rotatable bonds is 7. The molecule has 2 unspecified atom stereocenters. The molecule has 4 N–H and O–H groups in total. The van der Waals surface area contributed by atoms with Gasteiger partial charge in [-0.25, -0.2) is 14.4 Å². The molecule has 3 heterocycles. The summed E-state index contributed by atoms with van der Waals surface area (Å²) >= 11 is 12.5. The van der Waals surface area contributed by atoms with Crippen molar-refractivity contribution in [2.75, 3.05) is 63.2 Å². The highest BCUT2D eigenvalue weighted by Gasteiger charge is 2.40. The zero-order valence-corrected chi connectivity index (χ0v) is 33.5. The molecular formula is C39H42Cl2F6N6O6. The van der Waals surface area contributed by atoms with Crippen molar-refractivity contribution < 1.29 is 55.7 Å². The van der Waals surface area contributed by atoms with Gasteiger partial charge in [0.05, 0.1) is 0 Å². The number of urea groups is 1. The summed E-state index contributed by atoms with van der Waals surface area (Å²) in [4.78, 5) is 57.9. The number of carboxylic acid groups (broad SMARTS) is 2. The molecule has 0 radical (unpaired) electrons. The van der Waals surface area contributed by atoms with E-state index in [9.17, 15) is 35.9 Å². The molecule has 0 saturated carbocycles. The Kier molecular flexibility index (Phi) is 15.5. The predicted molar refractivity (Wildman–Crippen MR) is 211 cm³/mol. The summed E-state index contributed by atoms with van der Waals surface area (Å²) in [7, 11) is 4.10. The van der Waals surface area contributed by atoms with Crippen LogP contribution < -0.4 is 15.1 Å². The Morgan fingerprint density at radius 1 is 0.864 bits per heavy atom. The topological polar surface area (TPSA) is 150 Å². The maximum absolute atomic E-state index is 14.7. The predicted octanol–water partition coefficient (Wildman–Crippen LogP) is 7.51. The van der Waals surface area contributed by atoms with Crippen LogP contribution in [-0.2, 0) is 20.8 Å². The van der Waals surface area contributed by atoms with Crippen molar-refractivity contribution in [3.8, 4) is 0 Å². The van der Waals surface area contributed by atoms with Crippen molar-refractivity contribution in [3.63, 3.8) is 0 Å². The second-order valence-corrected chi connectivity index (χ2v) is 15.0. The lowest BCUT2D eigenvalue weighted by Crippen LogP contribution is -2.58. The Morgan fingerprint density at radius 2 is 1.42 bits per heavy atom. The van der Waals surface area contributed by atoms with E-state index in [-0.39, 0.29) is 23.8 Å². The minimum atomic E-state index is -5.08. The maximum Gasteiger partial charge on any atom is 0.490 e. The summed E-state index contributed by atoms with van der Waals surface area (Å²) in [6, 6.07) is 20.6. The van der Waals surface area contributed by atoms with Gasteiger partial charge in [0.25, 0.3) is 0 Å². The first-order valence-corrected chi connectivity index (χ1v) is 18.8. The number of H-pyrrole nitrogens is 1. The average molecular weight is 876 g/mol. The highest BCUT2D eigenvalue weighted by atomic mass is 35.5. The summed E-state index contributed by atoms with van der Waals surface area (Å²) in [5.74, 6) is -5.69. The number of carbonyl (C=O) groups excluding carboxylic acids is 2. The molecule has 3 amide bonds. The van der Waals surface area contributed by atoms with Gasteiger partial charge in [-0.2, -0.15) is 26.3 Å². The highest BCUT2D eigenvalue weighted by molar-refractivity contribution is 6.31. The minimum Gasteiger partial charge on any atom is -0.475 e. The standard InChI is InChI=1S/C35H40Cl2N6O2.2C2HF3O2/c1-23(30-20-38-31-7-5-4-6-29(30)31)33(39-35(45)42-16-14-41(15-17-42)28-11-8-26(36)9-12-28)34(44)43-22-24(21-40(2)3)18-25-19-27(37)10-13-32(25)43;2*3-2(4,5)1(6)7/h4-13,19-20,23-24,33,38H,14-18,21-22H2,1-3H3,(H,39,45);2*(H,6,7)/t23?,24-,33?;;/m1../s1. The normalized spacial score (nSPS) is 16.5. The number of aromatic amines is 1. The third kappa shape index (κ3) is 12.6. The number of anilines is 2. The number of benzene rings is 3. The Labute approximate surface area is 345 Å². The van der Waals surface area contributed by atoms with E-state index >= 15 is 0 Å². The molecule has 3 aromatic carbocycles. The first-order chi connectivity index (χ1) is 27.6. The SMILES string of the molecule is CC(c1c[nH]c2ccccc12)C(NC(=O)N1CCN(c2ccc(Cl)cc2)CC1)C(=O)N1C[C@@H](CN(C)C)Cc2cc(Cl)ccc21.O=C(O)C(F)(F)F.O=C(O)C(F)(F)F.